The molecule has 0 aromatic heterocycles. The van der Waals surface area contributed by atoms with Crippen molar-refractivity contribution in [1.82, 2.24) is 9.34 Å². The zero-order valence-electron chi connectivity index (χ0n) is 11.4. The smallest absolute Gasteiger partial charge is 0.416 e. The Kier molecular flexibility index (Phi) is 5.51. The van der Waals surface area contributed by atoms with Crippen LogP contribution in [-0.4, -0.2) is 37.5 Å². The van der Waals surface area contributed by atoms with Gasteiger partial charge in [0, 0.05) is 0 Å². The second-order valence-corrected chi connectivity index (χ2v) is 8.35. The highest BCUT2D eigenvalue weighted by Crippen LogP contribution is 2.51. The molecule has 0 atom stereocenters. The lowest BCUT2D eigenvalue weighted by atomic mass is 10.2. The van der Waals surface area contributed by atoms with Crippen LogP contribution in [0.1, 0.15) is 5.56 Å². The van der Waals surface area contributed by atoms with Gasteiger partial charge in [-0.2, -0.15) is 13.2 Å². The van der Waals surface area contributed by atoms with Gasteiger partial charge in [0.05, 0.1) is 9.13 Å². The molecule has 0 saturated heterocycles. The summed E-state index contributed by atoms with van der Waals surface area (Å²) >= 11 is 1.84. The van der Waals surface area contributed by atoms with Crippen LogP contribution >= 0.6 is 30.3 Å². The van der Waals surface area contributed by atoms with Gasteiger partial charge in [-0.3, -0.25) is 0 Å². The lowest BCUT2D eigenvalue weighted by Gasteiger charge is -2.30. The maximum atomic E-state index is 12.7. The van der Waals surface area contributed by atoms with Crippen LogP contribution in [0.5, 0.6) is 5.75 Å². The molecule has 0 aliphatic rings. The van der Waals surface area contributed by atoms with Crippen molar-refractivity contribution in [3.8, 4) is 5.75 Å². The maximum absolute atomic E-state index is 12.7. The van der Waals surface area contributed by atoms with Gasteiger partial charge in [-0.05, 0) is 69.0 Å². The Labute approximate surface area is 129 Å². The van der Waals surface area contributed by atoms with Crippen molar-refractivity contribution in [3.05, 3.63) is 27.3 Å². The summed E-state index contributed by atoms with van der Waals surface area (Å²) in [6, 6.07) is 3.11. The molecule has 0 fully saturated rings. The van der Waals surface area contributed by atoms with Crippen molar-refractivity contribution >= 4 is 30.3 Å². The van der Waals surface area contributed by atoms with E-state index in [0.717, 1.165) is 12.1 Å². The summed E-state index contributed by atoms with van der Waals surface area (Å²) in [5.74, 6) is -0.0499. The molecule has 0 aliphatic carbocycles. The number of halogens is 4. The van der Waals surface area contributed by atoms with Crippen LogP contribution in [0.3, 0.4) is 0 Å². The number of hydrogen-bond donors (Lipinski definition) is 0. The lowest BCUT2D eigenvalue weighted by Crippen LogP contribution is -2.24. The van der Waals surface area contributed by atoms with Crippen molar-refractivity contribution in [2.45, 2.75) is 6.18 Å². The first-order valence-electron chi connectivity index (χ1n) is 5.50. The van der Waals surface area contributed by atoms with Crippen molar-refractivity contribution < 1.29 is 22.3 Å². The zero-order chi connectivity index (χ0) is 15.7. The van der Waals surface area contributed by atoms with Gasteiger partial charge < -0.3 is 4.52 Å². The summed E-state index contributed by atoms with van der Waals surface area (Å²) in [5.41, 5.74) is -0.836. The Morgan fingerprint density at radius 2 is 1.65 bits per heavy atom. The highest BCUT2D eigenvalue weighted by atomic mass is 127. The fourth-order valence-corrected chi connectivity index (χ4v) is 3.47. The van der Waals surface area contributed by atoms with Gasteiger partial charge in [0.2, 0.25) is 0 Å². The number of nitrogens with zero attached hydrogens (tertiary/aromatic N) is 2. The summed E-state index contributed by atoms with van der Waals surface area (Å²) in [6.07, 6.45) is -4.47. The first-order chi connectivity index (χ1) is 8.98. The summed E-state index contributed by atoms with van der Waals surface area (Å²) in [4.78, 5) is 0. The third-order valence-corrected chi connectivity index (χ3v) is 5.83. The van der Waals surface area contributed by atoms with E-state index in [0.29, 0.717) is 3.57 Å². The average Bonchev–Trinajstić information content (AvgIpc) is 2.29. The lowest BCUT2D eigenvalue weighted by molar-refractivity contribution is -0.137. The molecular weight excluding hydrogens is 407 g/mol. The Balaban J connectivity index is 3.24. The number of hydrogen-bond acceptors (Lipinski definition) is 2. The number of rotatable bonds is 4. The van der Waals surface area contributed by atoms with Crippen LogP contribution in [-0.2, 0) is 10.7 Å². The minimum Gasteiger partial charge on any atom is -0.421 e. The first-order valence-corrected chi connectivity index (χ1v) is 8.11. The van der Waals surface area contributed by atoms with E-state index in [1.807, 2.05) is 22.6 Å². The van der Waals surface area contributed by atoms with E-state index in [9.17, 15) is 17.7 Å². The summed E-state index contributed by atoms with van der Waals surface area (Å²) in [6.45, 7) is 0. The van der Waals surface area contributed by atoms with Crippen LogP contribution < -0.4 is 4.52 Å². The van der Waals surface area contributed by atoms with Crippen molar-refractivity contribution in [2.24, 2.45) is 0 Å². The normalized spacial score (nSPS) is 13.1. The van der Waals surface area contributed by atoms with E-state index in [-0.39, 0.29) is 5.75 Å². The minimum absolute atomic E-state index is 0.0499. The van der Waals surface area contributed by atoms with Gasteiger partial charge in [-0.15, -0.1) is 0 Å². The Hall–Kier alpha value is -0.310. The Bertz CT molecular complexity index is 523. The fourth-order valence-electron chi connectivity index (χ4n) is 1.40. The molecule has 0 heterocycles. The summed E-state index contributed by atoms with van der Waals surface area (Å²) in [7, 11) is 2.78. The van der Waals surface area contributed by atoms with Crippen LogP contribution in [0.2, 0.25) is 0 Å². The van der Waals surface area contributed by atoms with Gasteiger partial charge in [0.25, 0.3) is 0 Å². The van der Waals surface area contributed by atoms with Crippen LogP contribution in [0.15, 0.2) is 18.2 Å². The second-order valence-electron chi connectivity index (χ2n) is 4.42. The number of alkyl halides is 3. The fraction of sp³-hybridized carbons (Fsp3) is 0.455. The molecule has 0 N–H and O–H groups in total. The molecule has 9 heteroatoms. The summed E-state index contributed by atoms with van der Waals surface area (Å²) < 4.78 is 59.3. The van der Waals surface area contributed by atoms with Gasteiger partial charge in [-0.1, -0.05) is 0 Å². The average molecular weight is 422 g/mol. The van der Waals surface area contributed by atoms with Gasteiger partial charge in [-0.25, -0.2) is 13.9 Å². The van der Waals surface area contributed by atoms with Crippen LogP contribution in [0, 0.1) is 3.57 Å². The SMILES string of the molecule is CN(C)P(=O)(Oc1cc(C(F)(F)F)ccc1I)N(C)C. The zero-order valence-corrected chi connectivity index (χ0v) is 14.5. The van der Waals surface area contributed by atoms with Crippen molar-refractivity contribution in [3.63, 3.8) is 0 Å². The van der Waals surface area contributed by atoms with E-state index in [1.165, 1.54) is 15.4 Å². The predicted octanol–water partition coefficient (Wildman–Crippen LogP) is 3.92. The standard InChI is InChI=1S/C11H15F3IN2O2P/c1-16(2)20(18,17(3)4)19-10-7-8(11(12,13)14)5-6-9(10)15/h5-7H,1-4H3. The molecule has 1 rings (SSSR count). The molecule has 0 bridgehead atoms. The topological polar surface area (TPSA) is 32.8 Å². The second kappa shape index (κ2) is 6.21. The third-order valence-electron chi connectivity index (χ3n) is 2.49. The molecule has 0 radical (unpaired) electrons. The molecule has 0 spiro atoms. The van der Waals surface area contributed by atoms with Crippen molar-refractivity contribution in [1.29, 1.82) is 0 Å². The van der Waals surface area contributed by atoms with E-state index in [2.05, 4.69) is 0 Å². The molecule has 0 unspecified atom stereocenters. The molecular formula is C11H15F3IN2O2P. The maximum Gasteiger partial charge on any atom is 0.416 e. The Morgan fingerprint density at radius 1 is 1.15 bits per heavy atom. The predicted molar refractivity (Wildman–Crippen MR) is 79.8 cm³/mol. The largest absolute Gasteiger partial charge is 0.421 e. The molecule has 114 valence electrons. The monoisotopic (exact) mass is 422 g/mol. The molecule has 0 amide bonds. The summed E-state index contributed by atoms with van der Waals surface area (Å²) in [5, 5.41) is 0. The highest BCUT2D eigenvalue weighted by Gasteiger charge is 2.34. The molecule has 20 heavy (non-hydrogen) atoms. The molecule has 0 saturated carbocycles. The first kappa shape index (κ1) is 17.7. The third kappa shape index (κ3) is 3.87. The van der Waals surface area contributed by atoms with Crippen LogP contribution in [0.25, 0.3) is 0 Å². The number of benzene rings is 1. The van der Waals surface area contributed by atoms with E-state index < -0.39 is 19.4 Å². The van der Waals surface area contributed by atoms with E-state index >= 15 is 0 Å². The molecule has 1 aromatic rings. The molecule has 1 aromatic carbocycles. The van der Waals surface area contributed by atoms with Gasteiger partial charge >= 0.3 is 13.8 Å². The van der Waals surface area contributed by atoms with E-state index in [1.54, 1.807) is 28.2 Å². The minimum atomic E-state index is -4.47. The van der Waals surface area contributed by atoms with Gasteiger partial charge in [0.1, 0.15) is 5.75 Å². The van der Waals surface area contributed by atoms with Crippen LogP contribution in [0.4, 0.5) is 13.2 Å². The Morgan fingerprint density at radius 3 is 2.05 bits per heavy atom. The van der Waals surface area contributed by atoms with E-state index in [4.69, 9.17) is 4.52 Å². The highest BCUT2D eigenvalue weighted by molar-refractivity contribution is 14.1. The molecule has 0 aliphatic heterocycles. The quantitative estimate of drug-likeness (QED) is 0.544. The van der Waals surface area contributed by atoms with Crippen molar-refractivity contribution in [2.75, 3.05) is 28.2 Å². The molecule has 4 nitrogen and oxygen atoms in total. The van der Waals surface area contributed by atoms with Gasteiger partial charge in [0.15, 0.2) is 0 Å².